The standard InChI is InChI=1S/C11H21O6P/c1-7-10(15-11(12)14-6)18(13,16-8(2)3)17-9(4)5/h7-10H,1H2,2-6H3. The SMILES string of the molecule is C=CC(OC(=O)OC)P(=O)(OC(C)C)OC(C)C. The van der Waals surface area contributed by atoms with Crippen LogP contribution in [0.1, 0.15) is 27.7 Å². The van der Waals surface area contributed by atoms with Crippen LogP contribution in [0.2, 0.25) is 0 Å². The fraction of sp³-hybridized carbons (Fsp3) is 0.727. The first-order valence-electron chi connectivity index (χ1n) is 5.58. The highest BCUT2D eigenvalue weighted by atomic mass is 31.2. The Labute approximate surface area is 108 Å². The molecule has 6 nitrogen and oxygen atoms in total. The molecule has 0 amide bonds. The molecule has 0 aliphatic rings. The summed E-state index contributed by atoms with van der Waals surface area (Å²) >= 11 is 0. The van der Waals surface area contributed by atoms with Crippen molar-refractivity contribution in [1.29, 1.82) is 0 Å². The number of methoxy groups -OCH3 is 1. The average molecular weight is 280 g/mol. The van der Waals surface area contributed by atoms with E-state index in [-0.39, 0.29) is 12.2 Å². The Hall–Kier alpha value is -0.840. The highest BCUT2D eigenvalue weighted by Gasteiger charge is 2.39. The molecule has 1 atom stereocenters. The molecule has 0 aliphatic heterocycles. The summed E-state index contributed by atoms with van der Waals surface area (Å²) in [4.78, 5) is 11.1. The number of carbonyl (C=O) groups excluding carboxylic acids is 1. The molecule has 0 saturated heterocycles. The summed E-state index contributed by atoms with van der Waals surface area (Å²) in [6.45, 7) is 10.3. The van der Waals surface area contributed by atoms with Gasteiger partial charge in [0, 0.05) is 0 Å². The van der Waals surface area contributed by atoms with Gasteiger partial charge < -0.3 is 18.5 Å². The van der Waals surface area contributed by atoms with Gasteiger partial charge in [-0.25, -0.2) is 4.79 Å². The summed E-state index contributed by atoms with van der Waals surface area (Å²) in [5, 5.41) is 0. The lowest BCUT2D eigenvalue weighted by molar-refractivity contribution is 0.0512. The topological polar surface area (TPSA) is 71.1 Å². The predicted molar refractivity (Wildman–Crippen MR) is 67.5 cm³/mol. The van der Waals surface area contributed by atoms with Gasteiger partial charge in [-0.15, -0.1) is 0 Å². The second kappa shape index (κ2) is 7.56. The van der Waals surface area contributed by atoms with Gasteiger partial charge in [-0.2, -0.15) is 0 Å². The molecule has 0 saturated carbocycles. The minimum atomic E-state index is -3.65. The second-order valence-electron chi connectivity index (χ2n) is 4.05. The number of hydrogen-bond donors (Lipinski definition) is 0. The van der Waals surface area contributed by atoms with Crippen LogP contribution < -0.4 is 0 Å². The lowest BCUT2D eigenvalue weighted by Gasteiger charge is -2.27. The molecule has 7 heteroatoms. The van der Waals surface area contributed by atoms with Crippen LogP contribution in [0.5, 0.6) is 0 Å². The molecule has 0 aromatic rings. The van der Waals surface area contributed by atoms with Crippen molar-refractivity contribution < 1.29 is 27.9 Å². The number of hydrogen-bond acceptors (Lipinski definition) is 6. The van der Waals surface area contributed by atoms with Crippen LogP contribution in [0.4, 0.5) is 4.79 Å². The van der Waals surface area contributed by atoms with E-state index >= 15 is 0 Å². The van der Waals surface area contributed by atoms with Crippen molar-refractivity contribution in [2.45, 2.75) is 45.7 Å². The first kappa shape index (κ1) is 17.2. The third-order valence-electron chi connectivity index (χ3n) is 1.61. The van der Waals surface area contributed by atoms with Gasteiger partial charge in [0.15, 0.2) is 0 Å². The predicted octanol–water partition coefficient (Wildman–Crippen LogP) is 3.32. The zero-order valence-corrected chi connectivity index (χ0v) is 12.3. The molecule has 0 aliphatic carbocycles. The van der Waals surface area contributed by atoms with E-state index in [2.05, 4.69) is 11.3 Å². The Morgan fingerprint density at radius 1 is 1.17 bits per heavy atom. The van der Waals surface area contributed by atoms with Crippen LogP contribution >= 0.6 is 7.60 Å². The molecule has 0 aromatic heterocycles. The van der Waals surface area contributed by atoms with Gasteiger partial charge in [-0.3, -0.25) is 4.57 Å². The van der Waals surface area contributed by atoms with Gasteiger partial charge >= 0.3 is 13.8 Å². The summed E-state index contributed by atoms with van der Waals surface area (Å²) in [6, 6.07) is 0. The van der Waals surface area contributed by atoms with Crippen molar-refractivity contribution >= 4 is 13.8 Å². The van der Waals surface area contributed by atoms with E-state index in [4.69, 9.17) is 13.8 Å². The number of ether oxygens (including phenoxy) is 2. The van der Waals surface area contributed by atoms with Gasteiger partial charge in [-0.05, 0) is 33.8 Å². The van der Waals surface area contributed by atoms with Crippen LogP contribution in [0, 0.1) is 0 Å². The van der Waals surface area contributed by atoms with Crippen LogP contribution in [-0.2, 0) is 23.1 Å². The molecule has 0 aromatic carbocycles. The summed E-state index contributed by atoms with van der Waals surface area (Å²) in [6.07, 6.45) is -0.473. The molecule has 0 heterocycles. The third-order valence-corrected chi connectivity index (χ3v) is 3.98. The van der Waals surface area contributed by atoms with Crippen LogP contribution in [-0.4, -0.2) is 31.3 Å². The quantitative estimate of drug-likeness (QED) is 0.404. The largest absolute Gasteiger partial charge is 0.509 e. The summed E-state index contributed by atoms with van der Waals surface area (Å²) in [7, 11) is -2.50. The van der Waals surface area contributed by atoms with E-state index in [1.54, 1.807) is 27.7 Å². The molecule has 0 fully saturated rings. The monoisotopic (exact) mass is 280 g/mol. The van der Waals surface area contributed by atoms with Crippen molar-refractivity contribution in [3.05, 3.63) is 12.7 Å². The minimum absolute atomic E-state index is 0.349. The minimum Gasteiger partial charge on any atom is -0.438 e. The highest BCUT2D eigenvalue weighted by Crippen LogP contribution is 2.55. The molecule has 0 N–H and O–H groups in total. The second-order valence-corrected chi connectivity index (χ2v) is 6.06. The van der Waals surface area contributed by atoms with Gasteiger partial charge in [0.2, 0.25) is 5.85 Å². The normalized spacial score (nSPS) is 13.5. The molecule has 0 rings (SSSR count). The summed E-state index contributed by atoms with van der Waals surface area (Å²) < 4.78 is 32.3. The zero-order valence-electron chi connectivity index (χ0n) is 11.4. The van der Waals surface area contributed by atoms with Gasteiger partial charge in [-0.1, -0.05) is 6.58 Å². The lowest BCUT2D eigenvalue weighted by atomic mass is 10.5. The number of carbonyl (C=O) groups is 1. The molecular formula is C11H21O6P. The lowest BCUT2D eigenvalue weighted by Crippen LogP contribution is -2.22. The third kappa shape index (κ3) is 5.67. The first-order chi connectivity index (χ1) is 8.25. The van der Waals surface area contributed by atoms with E-state index < -0.39 is 19.6 Å². The Balaban J connectivity index is 5.05. The van der Waals surface area contributed by atoms with Crippen LogP contribution in [0.25, 0.3) is 0 Å². The molecule has 0 spiro atoms. The Morgan fingerprint density at radius 3 is 1.89 bits per heavy atom. The fourth-order valence-electron chi connectivity index (χ4n) is 1.12. The fourth-order valence-corrected chi connectivity index (χ4v) is 3.06. The Bertz CT molecular complexity index is 311. The molecule has 1 unspecified atom stereocenters. The van der Waals surface area contributed by atoms with Crippen molar-refractivity contribution in [3.63, 3.8) is 0 Å². The maximum atomic E-state index is 12.6. The summed E-state index contributed by atoms with van der Waals surface area (Å²) in [5.74, 6) is -1.20. The molecular weight excluding hydrogens is 259 g/mol. The Kier molecular flexibility index (Phi) is 7.21. The maximum absolute atomic E-state index is 12.6. The number of rotatable bonds is 7. The van der Waals surface area contributed by atoms with Crippen LogP contribution in [0.15, 0.2) is 12.7 Å². The van der Waals surface area contributed by atoms with E-state index in [1.807, 2.05) is 0 Å². The zero-order chi connectivity index (χ0) is 14.3. The van der Waals surface area contributed by atoms with Gasteiger partial charge in [0.05, 0.1) is 19.3 Å². The average Bonchev–Trinajstić information content (AvgIpc) is 2.22. The first-order valence-corrected chi connectivity index (χ1v) is 7.20. The summed E-state index contributed by atoms with van der Waals surface area (Å²) in [5.41, 5.74) is 0. The molecule has 18 heavy (non-hydrogen) atoms. The van der Waals surface area contributed by atoms with Gasteiger partial charge in [0.1, 0.15) is 0 Å². The molecule has 106 valence electrons. The van der Waals surface area contributed by atoms with Crippen molar-refractivity contribution in [1.82, 2.24) is 0 Å². The maximum Gasteiger partial charge on any atom is 0.509 e. The molecule has 0 radical (unpaired) electrons. The highest BCUT2D eigenvalue weighted by molar-refractivity contribution is 7.54. The van der Waals surface area contributed by atoms with E-state index in [1.165, 1.54) is 6.08 Å². The van der Waals surface area contributed by atoms with Crippen molar-refractivity contribution in [3.8, 4) is 0 Å². The van der Waals surface area contributed by atoms with Gasteiger partial charge in [0.25, 0.3) is 0 Å². The van der Waals surface area contributed by atoms with E-state index in [0.717, 1.165) is 7.11 Å². The van der Waals surface area contributed by atoms with E-state index in [9.17, 15) is 9.36 Å². The van der Waals surface area contributed by atoms with E-state index in [0.29, 0.717) is 0 Å². The smallest absolute Gasteiger partial charge is 0.438 e. The molecule has 0 bridgehead atoms. The Morgan fingerprint density at radius 2 is 1.61 bits per heavy atom. The van der Waals surface area contributed by atoms with Crippen LogP contribution in [0.3, 0.4) is 0 Å². The van der Waals surface area contributed by atoms with Crippen molar-refractivity contribution in [2.24, 2.45) is 0 Å². The van der Waals surface area contributed by atoms with Crippen molar-refractivity contribution in [2.75, 3.05) is 7.11 Å².